The minimum atomic E-state index is -4.68. The molecule has 1 aromatic carbocycles. The minimum Gasteiger partial charge on any atom is -0.373 e. The van der Waals surface area contributed by atoms with Crippen LogP contribution in [0.2, 0.25) is 0 Å². The van der Waals surface area contributed by atoms with Crippen LogP contribution in [0.15, 0.2) is 47.7 Å². The summed E-state index contributed by atoms with van der Waals surface area (Å²) in [7, 11) is 1.50. The molecule has 6 rings (SSSR count). The summed E-state index contributed by atoms with van der Waals surface area (Å²) >= 11 is 0. The highest BCUT2D eigenvalue weighted by molar-refractivity contribution is 5.94. The van der Waals surface area contributed by atoms with Gasteiger partial charge in [-0.1, -0.05) is 0 Å². The smallest absolute Gasteiger partial charge is 0.373 e. The first-order chi connectivity index (χ1) is 17.7. The number of fused-ring (bicyclic) bond motifs is 1. The van der Waals surface area contributed by atoms with Gasteiger partial charge < -0.3 is 4.74 Å². The molecule has 4 heterocycles. The fraction of sp³-hybridized carbons (Fsp3) is 0.385. The fourth-order valence-electron chi connectivity index (χ4n) is 4.91. The number of aryl methyl sites for hydroxylation is 1. The summed E-state index contributed by atoms with van der Waals surface area (Å²) in [6.45, 7) is 0.460. The number of halogens is 4. The molecule has 2 atom stereocenters. The van der Waals surface area contributed by atoms with E-state index in [1.54, 1.807) is 6.07 Å². The third-order valence-electron chi connectivity index (χ3n) is 7.13. The Morgan fingerprint density at radius 2 is 1.86 bits per heavy atom. The third-order valence-corrected chi connectivity index (χ3v) is 7.13. The van der Waals surface area contributed by atoms with Gasteiger partial charge in [-0.2, -0.15) is 23.4 Å². The van der Waals surface area contributed by atoms with Crippen LogP contribution in [0.25, 0.3) is 22.0 Å². The number of pyridine rings is 1. The van der Waals surface area contributed by atoms with E-state index in [1.165, 1.54) is 13.2 Å². The molecule has 0 radical (unpaired) electrons. The molecule has 2 fully saturated rings. The lowest BCUT2D eigenvalue weighted by Gasteiger charge is -2.29. The first-order valence-corrected chi connectivity index (χ1v) is 12.1. The first-order valence-electron chi connectivity index (χ1n) is 12.1. The Balaban J connectivity index is 1.43. The first kappa shape index (κ1) is 23.8. The second-order valence-corrected chi connectivity index (χ2v) is 9.69. The number of ether oxygens (including phenoxy) is 1. The molecular weight excluding hydrogens is 490 g/mol. The lowest BCUT2D eigenvalue weighted by Crippen LogP contribution is -2.22. The number of nitrogens with zero attached hydrogens (tertiary/aromatic N) is 5. The summed E-state index contributed by atoms with van der Waals surface area (Å²) in [5.41, 5.74) is 0.00328. The van der Waals surface area contributed by atoms with E-state index in [1.807, 2.05) is 17.1 Å². The molecule has 1 saturated carbocycles. The van der Waals surface area contributed by atoms with Crippen molar-refractivity contribution in [2.75, 3.05) is 6.61 Å². The van der Waals surface area contributed by atoms with Crippen molar-refractivity contribution in [3.8, 4) is 11.3 Å². The Hall–Kier alpha value is -3.60. The molecule has 1 saturated heterocycles. The van der Waals surface area contributed by atoms with Crippen LogP contribution in [0.5, 0.6) is 0 Å². The van der Waals surface area contributed by atoms with Crippen molar-refractivity contribution in [1.82, 2.24) is 24.5 Å². The molecule has 0 N–H and O–H groups in total. The molecule has 1 aliphatic carbocycles. The highest BCUT2D eigenvalue weighted by Crippen LogP contribution is 2.41. The zero-order chi connectivity index (χ0) is 25.9. The van der Waals surface area contributed by atoms with Gasteiger partial charge in [-0.3, -0.25) is 14.5 Å². The zero-order valence-electron chi connectivity index (χ0n) is 19.9. The lowest BCUT2D eigenvalue weighted by molar-refractivity contribution is -0.137. The Bertz CT molecular complexity index is 1560. The Morgan fingerprint density at radius 1 is 1.05 bits per heavy atom. The SMILES string of the molecule is Cn1ncc2c(-c3ccc(C(F)(F)F)cc3F)nc([C@H]3CCO[C@@H](c4cnn(C5CC5)c4)C3)cc2c1=O. The van der Waals surface area contributed by atoms with Crippen molar-refractivity contribution in [3.05, 3.63) is 75.8 Å². The summed E-state index contributed by atoms with van der Waals surface area (Å²) in [6.07, 6.45) is 3.74. The molecular formula is C26H23F4N5O2. The largest absolute Gasteiger partial charge is 0.416 e. The summed E-state index contributed by atoms with van der Waals surface area (Å²) in [6, 6.07) is 4.45. The number of benzene rings is 1. The van der Waals surface area contributed by atoms with E-state index in [2.05, 4.69) is 10.2 Å². The Morgan fingerprint density at radius 3 is 2.59 bits per heavy atom. The van der Waals surface area contributed by atoms with E-state index in [-0.39, 0.29) is 34.1 Å². The molecule has 37 heavy (non-hydrogen) atoms. The topological polar surface area (TPSA) is 74.8 Å². The number of alkyl halides is 3. The average Bonchev–Trinajstić information content (AvgIpc) is 3.61. The van der Waals surface area contributed by atoms with Gasteiger partial charge in [-0.25, -0.2) is 9.07 Å². The van der Waals surface area contributed by atoms with Crippen LogP contribution in [0.4, 0.5) is 17.6 Å². The lowest BCUT2D eigenvalue weighted by atomic mass is 9.89. The Kier molecular flexibility index (Phi) is 5.63. The van der Waals surface area contributed by atoms with Gasteiger partial charge in [0.15, 0.2) is 0 Å². The fourth-order valence-corrected chi connectivity index (χ4v) is 4.91. The van der Waals surface area contributed by atoms with Crippen LogP contribution in [0, 0.1) is 5.82 Å². The van der Waals surface area contributed by atoms with E-state index in [0.717, 1.165) is 35.2 Å². The van der Waals surface area contributed by atoms with Gasteiger partial charge >= 0.3 is 6.18 Å². The monoisotopic (exact) mass is 513 g/mol. The maximum atomic E-state index is 15.0. The van der Waals surface area contributed by atoms with E-state index in [4.69, 9.17) is 9.72 Å². The van der Waals surface area contributed by atoms with Gasteiger partial charge in [0.1, 0.15) is 5.82 Å². The van der Waals surface area contributed by atoms with Crippen LogP contribution in [0.1, 0.15) is 60.6 Å². The number of hydrogen-bond donors (Lipinski definition) is 0. The molecule has 4 aromatic rings. The van der Waals surface area contributed by atoms with Crippen LogP contribution in [0.3, 0.4) is 0 Å². The number of rotatable bonds is 4. The van der Waals surface area contributed by atoms with E-state index >= 15 is 4.39 Å². The molecule has 0 amide bonds. The van der Waals surface area contributed by atoms with Crippen LogP contribution < -0.4 is 5.56 Å². The van der Waals surface area contributed by atoms with Crippen molar-refractivity contribution in [3.63, 3.8) is 0 Å². The van der Waals surface area contributed by atoms with Crippen molar-refractivity contribution >= 4 is 10.8 Å². The molecule has 0 spiro atoms. The van der Waals surface area contributed by atoms with E-state index in [0.29, 0.717) is 37.3 Å². The maximum absolute atomic E-state index is 15.0. The van der Waals surface area contributed by atoms with Crippen molar-refractivity contribution in [1.29, 1.82) is 0 Å². The van der Waals surface area contributed by atoms with E-state index < -0.39 is 23.1 Å². The van der Waals surface area contributed by atoms with Crippen LogP contribution in [-0.4, -0.2) is 31.2 Å². The molecule has 1 aliphatic heterocycles. The van der Waals surface area contributed by atoms with Gasteiger partial charge in [0.25, 0.3) is 5.56 Å². The molecule has 0 bridgehead atoms. The normalized spacial score (nSPS) is 20.5. The van der Waals surface area contributed by atoms with Gasteiger partial charge in [0.05, 0.1) is 41.2 Å². The molecule has 11 heteroatoms. The second-order valence-electron chi connectivity index (χ2n) is 9.69. The van der Waals surface area contributed by atoms with Gasteiger partial charge in [-0.15, -0.1) is 0 Å². The van der Waals surface area contributed by atoms with Crippen LogP contribution in [-0.2, 0) is 18.0 Å². The predicted octanol–water partition coefficient (Wildman–Crippen LogP) is 5.32. The zero-order valence-corrected chi connectivity index (χ0v) is 19.9. The minimum absolute atomic E-state index is 0.0912. The van der Waals surface area contributed by atoms with Crippen molar-refractivity contribution in [2.24, 2.45) is 7.05 Å². The average molecular weight is 513 g/mol. The molecule has 2 aliphatic rings. The highest BCUT2D eigenvalue weighted by atomic mass is 19.4. The third kappa shape index (κ3) is 4.41. The quantitative estimate of drug-likeness (QED) is 0.346. The summed E-state index contributed by atoms with van der Waals surface area (Å²) in [5, 5.41) is 9.03. The van der Waals surface area contributed by atoms with Crippen molar-refractivity contribution < 1.29 is 22.3 Å². The predicted molar refractivity (Wildman–Crippen MR) is 126 cm³/mol. The summed E-state index contributed by atoms with van der Waals surface area (Å²) < 4.78 is 63.6. The second kappa shape index (κ2) is 8.76. The molecule has 3 aromatic heterocycles. The van der Waals surface area contributed by atoms with Gasteiger partial charge in [0.2, 0.25) is 0 Å². The summed E-state index contributed by atoms with van der Waals surface area (Å²) in [4.78, 5) is 17.7. The molecule has 0 unspecified atom stereocenters. The standard InChI is InChI=1S/C26H23F4N5O2/c1-34-25(36)19-10-22(14-6-7-37-23(8-14)15-11-32-35(13-15)17-3-4-17)33-24(20(19)12-31-34)18-5-2-16(9-21(18)27)26(28,29)30/h2,5,9-14,17,23H,3-4,6-8H2,1H3/t14-,23+/m0/s1. The molecule has 7 nitrogen and oxygen atoms in total. The van der Waals surface area contributed by atoms with Crippen LogP contribution >= 0.6 is 0 Å². The maximum Gasteiger partial charge on any atom is 0.416 e. The molecule has 192 valence electrons. The summed E-state index contributed by atoms with van der Waals surface area (Å²) in [5.74, 6) is -1.18. The number of aromatic nitrogens is 5. The van der Waals surface area contributed by atoms with Crippen molar-refractivity contribution in [2.45, 2.75) is 49.9 Å². The van der Waals surface area contributed by atoms with E-state index in [9.17, 15) is 18.0 Å². The highest BCUT2D eigenvalue weighted by Gasteiger charge is 2.33. The van der Waals surface area contributed by atoms with Gasteiger partial charge in [-0.05, 0) is 49.9 Å². The van der Waals surface area contributed by atoms with Gasteiger partial charge in [0, 0.05) is 48.0 Å². The Labute approximate surface area is 208 Å². The number of hydrogen-bond acceptors (Lipinski definition) is 5.